The summed E-state index contributed by atoms with van der Waals surface area (Å²) in [7, 11) is 1.61. The molecule has 1 unspecified atom stereocenters. The molecule has 4 heterocycles. The van der Waals surface area contributed by atoms with Gasteiger partial charge in [0, 0.05) is 42.6 Å². The molecule has 1 amide bonds. The fourth-order valence-corrected chi connectivity index (χ4v) is 5.05. The summed E-state index contributed by atoms with van der Waals surface area (Å²) >= 11 is 0. The van der Waals surface area contributed by atoms with Gasteiger partial charge in [-0.05, 0) is 52.4 Å². The molecular weight excluding hydrogens is 498 g/mol. The summed E-state index contributed by atoms with van der Waals surface area (Å²) < 4.78 is 12.4. The Morgan fingerprint density at radius 1 is 1.05 bits per heavy atom. The maximum atomic E-state index is 13.5. The van der Waals surface area contributed by atoms with Gasteiger partial charge < -0.3 is 19.0 Å². The van der Waals surface area contributed by atoms with Gasteiger partial charge in [-0.2, -0.15) is 0 Å². The first-order valence-electron chi connectivity index (χ1n) is 12.7. The van der Waals surface area contributed by atoms with Crippen LogP contribution >= 0.6 is 0 Å². The zero-order valence-electron chi connectivity index (χ0n) is 21.4. The zero-order valence-corrected chi connectivity index (χ0v) is 21.4. The smallest absolute Gasteiger partial charge is 0.289 e. The van der Waals surface area contributed by atoms with Gasteiger partial charge in [0.1, 0.15) is 11.8 Å². The summed E-state index contributed by atoms with van der Waals surface area (Å²) in [5.41, 5.74) is 2.04. The normalized spacial score (nSPS) is 14.9. The maximum Gasteiger partial charge on any atom is 0.289 e. The van der Waals surface area contributed by atoms with Crippen LogP contribution in [0.1, 0.15) is 33.5 Å². The second-order valence-electron chi connectivity index (χ2n) is 9.40. The molecule has 6 rings (SSSR count). The monoisotopic (exact) mass is 525 g/mol. The fraction of sp³-hybridized carbons (Fsp3) is 0.250. The van der Waals surface area contributed by atoms with E-state index < -0.39 is 6.04 Å². The topological polar surface area (TPSA) is 122 Å². The molecule has 11 heteroatoms. The second kappa shape index (κ2) is 10.5. The highest BCUT2D eigenvalue weighted by molar-refractivity contribution is 5.91. The molecular formula is C28H27N7O4. The third-order valence-corrected chi connectivity index (χ3v) is 7.05. The number of carbonyl (C=O) groups excluding carboxylic acids is 1. The first-order chi connectivity index (χ1) is 19.1. The Balaban J connectivity index is 1.38. The molecule has 5 aromatic rings. The average molecular weight is 526 g/mol. The van der Waals surface area contributed by atoms with E-state index in [1.54, 1.807) is 28.8 Å². The van der Waals surface area contributed by atoms with Gasteiger partial charge in [-0.1, -0.05) is 30.3 Å². The van der Waals surface area contributed by atoms with Crippen molar-refractivity contribution in [3.8, 4) is 5.75 Å². The number of hydrogen-bond donors (Lipinski definition) is 1. The number of aromatic nitrogens is 5. The lowest BCUT2D eigenvalue weighted by Gasteiger charge is -2.38. The van der Waals surface area contributed by atoms with Gasteiger partial charge >= 0.3 is 0 Å². The van der Waals surface area contributed by atoms with Crippen molar-refractivity contribution in [2.45, 2.75) is 12.6 Å². The van der Waals surface area contributed by atoms with Crippen LogP contribution in [0.5, 0.6) is 5.75 Å². The molecule has 0 bridgehead atoms. The van der Waals surface area contributed by atoms with Crippen molar-refractivity contribution < 1.29 is 13.9 Å². The summed E-state index contributed by atoms with van der Waals surface area (Å²) in [5.74, 6) is 1.40. The van der Waals surface area contributed by atoms with E-state index in [0.717, 1.165) is 10.9 Å². The van der Waals surface area contributed by atoms with Crippen molar-refractivity contribution in [1.82, 2.24) is 35.0 Å². The van der Waals surface area contributed by atoms with Crippen molar-refractivity contribution in [2.75, 3.05) is 33.3 Å². The third kappa shape index (κ3) is 4.91. The van der Waals surface area contributed by atoms with Crippen LogP contribution in [-0.4, -0.2) is 74.2 Å². The van der Waals surface area contributed by atoms with Crippen molar-refractivity contribution in [2.24, 2.45) is 0 Å². The molecule has 1 N–H and O–H groups in total. The molecule has 1 aliphatic rings. The quantitative estimate of drug-likeness (QED) is 0.344. The van der Waals surface area contributed by atoms with Gasteiger partial charge in [-0.3, -0.25) is 14.5 Å². The van der Waals surface area contributed by atoms with E-state index in [2.05, 4.69) is 25.4 Å². The highest BCUT2D eigenvalue weighted by Crippen LogP contribution is 2.29. The molecule has 0 spiro atoms. The van der Waals surface area contributed by atoms with Crippen molar-refractivity contribution in [3.63, 3.8) is 0 Å². The lowest BCUT2D eigenvalue weighted by molar-refractivity contribution is 0.0558. The number of benzene rings is 2. The zero-order chi connectivity index (χ0) is 26.8. The number of nitrogens with one attached hydrogen (secondary N) is 1. The summed E-state index contributed by atoms with van der Waals surface area (Å²) in [4.78, 5) is 33.3. The number of methoxy groups -OCH3 is 1. The Kier molecular flexibility index (Phi) is 6.64. The molecule has 1 atom stereocenters. The number of ether oxygens (including phenoxy) is 1. The third-order valence-electron chi connectivity index (χ3n) is 7.05. The van der Waals surface area contributed by atoms with Crippen molar-refractivity contribution in [3.05, 3.63) is 106 Å². The lowest BCUT2D eigenvalue weighted by atomic mass is 10.0. The van der Waals surface area contributed by atoms with Gasteiger partial charge in [0.25, 0.3) is 11.5 Å². The largest absolute Gasteiger partial charge is 0.497 e. The molecule has 11 nitrogen and oxygen atoms in total. The van der Waals surface area contributed by atoms with Gasteiger partial charge in [-0.15, -0.1) is 5.10 Å². The second-order valence-corrected chi connectivity index (χ2v) is 9.40. The van der Waals surface area contributed by atoms with E-state index in [0.29, 0.717) is 61.1 Å². The minimum atomic E-state index is -0.538. The SMILES string of the molecule is COc1ccc2[nH]c(=O)c(C(c3nnnn3Cc3ccccc3)N3CCN(C(=O)c4ccco4)CC3)cc2c1. The number of amides is 1. The van der Waals surface area contributed by atoms with Gasteiger partial charge in [-0.25, -0.2) is 4.68 Å². The van der Waals surface area contributed by atoms with E-state index in [1.165, 1.54) is 6.26 Å². The molecule has 0 radical (unpaired) electrons. The summed E-state index contributed by atoms with van der Waals surface area (Å²) in [6.45, 7) is 2.43. The fourth-order valence-electron chi connectivity index (χ4n) is 5.05. The lowest BCUT2D eigenvalue weighted by Crippen LogP contribution is -2.50. The summed E-state index contributed by atoms with van der Waals surface area (Å²) in [5, 5.41) is 13.5. The number of aromatic amines is 1. The molecule has 3 aromatic heterocycles. The van der Waals surface area contributed by atoms with Crippen LogP contribution in [0.2, 0.25) is 0 Å². The Hall–Kier alpha value is -4.77. The summed E-state index contributed by atoms with van der Waals surface area (Å²) in [6.07, 6.45) is 1.49. The molecule has 1 saturated heterocycles. The maximum absolute atomic E-state index is 13.5. The number of piperazine rings is 1. The van der Waals surface area contributed by atoms with Crippen LogP contribution < -0.4 is 10.3 Å². The molecule has 198 valence electrons. The van der Waals surface area contributed by atoms with Gasteiger partial charge in [0.05, 0.1) is 19.9 Å². The van der Waals surface area contributed by atoms with Crippen LogP contribution in [0.15, 0.2) is 82.2 Å². The van der Waals surface area contributed by atoms with Gasteiger partial charge in [0.2, 0.25) is 0 Å². The average Bonchev–Trinajstić information content (AvgIpc) is 3.67. The van der Waals surface area contributed by atoms with Gasteiger partial charge in [0.15, 0.2) is 11.6 Å². The molecule has 0 aliphatic carbocycles. The number of tetrazole rings is 1. The van der Waals surface area contributed by atoms with E-state index in [-0.39, 0.29) is 11.5 Å². The van der Waals surface area contributed by atoms with E-state index in [4.69, 9.17) is 9.15 Å². The van der Waals surface area contributed by atoms with E-state index >= 15 is 0 Å². The minimum Gasteiger partial charge on any atom is -0.497 e. The molecule has 1 aliphatic heterocycles. The van der Waals surface area contributed by atoms with Crippen molar-refractivity contribution in [1.29, 1.82) is 0 Å². The number of rotatable bonds is 7. The summed E-state index contributed by atoms with van der Waals surface area (Å²) in [6, 6.07) is 20.1. The first kappa shape index (κ1) is 24.6. The molecule has 2 aromatic carbocycles. The Morgan fingerprint density at radius 3 is 2.62 bits per heavy atom. The number of fused-ring (bicyclic) bond motifs is 1. The number of nitrogens with zero attached hydrogens (tertiary/aromatic N) is 6. The predicted octanol–water partition coefficient (Wildman–Crippen LogP) is 2.71. The van der Waals surface area contributed by atoms with Crippen LogP contribution in [0, 0.1) is 0 Å². The number of pyridine rings is 1. The number of hydrogen-bond acceptors (Lipinski definition) is 8. The highest BCUT2D eigenvalue weighted by atomic mass is 16.5. The van der Waals surface area contributed by atoms with Crippen LogP contribution in [0.3, 0.4) is 0 Å². The van der Waals surface area contributed by atoms with Crippen LogP contribution in [-0.2, 0) is 6.54 Å². The van der Waals surface area contributed by atoms with Crippen LogP contribution in [0.4, 0.5) is 0 Å². The first-order valence-corrected chi connectivity index (χ1v) is 12.7. The standard InChI is InChI=1S/C28H27N7O4/c1-38-21-9-10-23-20(16-21)17-22(27(36)29-23)25(26-30-31-32-35(26)18-19-6-3-2-4-7-19)33-11-13-34(14-12-33)28(37)24-8-5-15-39-24/h2-10,15-17,25H,11-14,18H2,1H3,(H,29,36). The Labute approximate surface area is 223 Å². The highest BCUT2D eigenvalue weighted by Gasteiger charge is 2.34. The Morgan fingerprint density at radius 2 is 1.87 bits per heavy atom. The number of carbonyl (C=O) groups is 1. The minimum absolute atomic E-state index is 0.152. The number of H-pyrrole nitrogens is 1. The van der Waals surface area contributed by atoms with E-state index in [1.807, 2.05) is 54.6 Å². The molecule has 0 saturated carbocycles. The number of furan rings is 1. The Bertz CT molecular complexity index is 1640. The van der Waals surface area contributed by atoms with Crippen LogP contribution in [0.25, 0.3) is 10.9 Å². The predicted molar refractivity (Wildman–Crippen MR) is 143 cm³/mol. The molecule has 1 fully saturated rings. The molecule has 39 heavy (non-hydrogen) atoms. The van der Waals surface area contributed by atoms with E-state index in [9.17, 15) is 9.59 Å². The van der Waals surface area contributed by atoms with Crippen molar-refractivity contribution >= 4 is 16.8 Å².